The number of methoxy groups -OCH3 is 1. The van der Waals surface area contributed by atoms with Gasteiger partial charge in [-0.25, -0.2) is 0 Å². The number of anilines is 1. The van der Waals surface area contributed by atoms with Crippen molar-refractivity contribution < 1.29 is 4.74 Å². The lowest BCUT2D eigenvalue weighted by molar-refractivity contribution is 0.415. The molecule has 0 amide bonds. The van der Waals surface area contributed by atoms with E-state index >= 15 is 0 Å². The van der Waals surface area contributed by atoms with E-state index in [0.717, 1.165) is 49.3 Å². The highest BCUT2D eigenvalue weighted by Gasteiger charge is 2.15. The van der Waals surface area contributed by atoms with E-state index in [1.54, 1.807) is 7.11 Å². The van der Waals surface area contributed by atoms with Crippen molar-refractivity contribution in [3.8, 4) is 17.1 Å². The second-order valence-corrected chi connectivity index (χ2v) is 4.45. The van der Waals surface area contributed by atoms with E-state index in [2.05, 4.69) is 25.4 Å². The summed E-state index contributed by atoms with van der Waals surface area (Å²) in [6.45, 7) is 3.83. The SMILES string of the molecule is COc1cccc(-c2nc(N3CCNCC3)n[nH]2)c1. The van der Waals surface area contributed by atoms with Crippen molar-refractivity contribution in [3.63, 3.8) is 0 Å². The Labute approximate surface area is 111 Å². The number of H-pyrrole nitrogens is 1. The molecule has 1 aromatic heterocycles. The Morgan fingerprint density at radius 1 is 1.26 bits per heavy atom. The number of piperazine rings is 1. The molecule has 0 saturated carbocycles. The van der Waals surface area contributed by atoms with Crippen LogP contribution in [0.1, 0.15) is 0 Å². The molecule has 1 aliphatic rings. The van der Waals surface area contributed by atoms with Gasteiger partial charge in [-0.2, -0.15) is 4.98 Å². The van der Waals surface area contributed by atoms with Crippen LogP contribution in [0, 0.1) is 0 Å². The Bertz CT molecular complexity index is 547. The molecule has 6 heteroatoms. The maximum atomic E-state index is 5.22. The van der Waals surface area contributed by atoms with Crippen LogP contribution in [0.5, 0.6) is 5.75 Å². The molecule has 1 fully saturated rings. The zero-order valence-corrected chi connectivity index (χ0v) is 10.9. The van der Waals surface area contributed by atoms with Crippen LogP contribution in [0.3, 0.4) is 0 Å². The van der Waals surface area contributed by atoms with Gasteiger partial charge in [0.2, 0.25) is 5.95 Å². The van der Waals surface area contributed by atoms with E-state index in [9.17, 15) is 0 Å². The number of aromatic amines is 1. The quantitative estimate of drug-likeness (QED) is 0.857. The zero-order chi connectivity index (χ0) is 13.1. The van der Waals surface area contributed by atoms with E-state index in [1.165, 1.54) is 0 Å². The maximum absolute atomic E-state index is 5.22. The summed E-state index contributed by atoms with van der Waals surface area (Å²) in [5.74, 6) is 2.35. The predicted molar refractivity (Wildman–Crippen MR) is 73.5 cm³/mol. The summed E-state index contributed by atoms with van der Waals surface area (Å²) < 4.78 is 5.22. The molecule has 2 heterocycles. The van der Waals surface area contributed by atoms with Gasteiger partial charge in [0.15, 0.2) is 5.82 Å². The first-order valence-electron chi connectivity index (χ1n) is 6.39. The molecule has 0 bridgehead atoms. The molecular weight excluding hydrogens is 242 g/mol. The van der Waals surface area contributed by atoms with Gasteiger partial charge in [-0.05, 0) is 12.1 Å². The van der Waals surface area contributed by atoms with Crippen molar-refractivity contribution in [2.45, 2.75) is 0 Å². The minimum absolute atomic E-state index is 0.763. The van der Waals surface area contributed by atoms with Crippen molar-refractivity contribution in [2.75, 3.05) is 38.2 Å². The van der Waals surface area contributed by atoms with Crippen molar-refractivity contribution in [2.24, 2.45) is 0 Å². The molecule has 0 atom stereocenters. The standard InChI is InChI=1S/C13H17N5O/c1-19-11-4-2-3-10(9-11)12-15-13(17-16-12)18-7-5-14-6-8-18/h2-4,9,14H,5-8H2,1H3,(H,15,16,17). The fourth-order valence-corrected chi connectivity index (χ4v) is 2.16. The van der Waals surface area contributed by atoms with Gasteiger partial charge in [0.25, 0.3) is 0 Å². The van der Waals surface area contributed by atoms with Gasteiger partial charge >= 0.3 is 0 Å². The van der Waals surface area contributed by atoms with E-state index in [4.69, 9.17) is 4.74 Å². The largest absolute Gasteiger partial charge is 0.497 e. The summed E-state index contributed by atoms with van der Waals surface area (Å²) in [4.78, 5) is 6.73. The van der Waals surface area contributed by atoms with Crippen LogP contribution in [0.4, 0.5) is 5.95 Å². The highest BCUT2D eigenvalue weighted by Crippen LogP contribution is 2.22. The van der Waals surface area contributed by atoms with Crippen molar-refractivity contribution >= 4 is 5.95 Å². The molecule has 1 aliphatic heterocycles. The lowest BCUT2D eigenvalue weighted by Gasteiger charge is -2.25. The summed E-state index contributed by atoms with van der Waals surface area (Å²) in [6, 6.07) is 7.80. The highest BCUT2D eigenvalue weighted by molar-refractivity contribution is 5.58. The number of rotatable bonds is 3. The molecule has 19 heavy (non-hydrogen) atoms. The highest BCUT2D eigenvalue weighted by atomic mass is 16.5. The number of hydrogen-bond donors (Lipinski definition) is 2. The molecule has 2 N–H and O–H groups in total. The first-order valence-corrected chi connectivity index (χ1v) is 6.39. The van der Waals surface area contributed by atoms with E-state index in [0.29, 0.717) is 0 Å². The predicted octanol–water partition coefficient (Wildman–Crippen LogP) is 0.890. The van der Waals surface area contributed by atoms with Gasteiger partial charge in [0, 0.05) is 31.7 Å². The fraction of sp³-hybridized carbons (Fsp3) is 0.385. The van der Waals surface area contributed by atoms with E-state index < -0.39 is 0 Å². The molecule has 0 spiro atoms. The Morgan fingerprint density at radius 3 is 2.89 bits per heavy atom. The van der Waals surface area contributed by atoms with Crippen molar-refractivity contribution in [1.29, 1.82) is 0 Å². The van der Waals surface area contributed by atoms with Crippen LogP contribution < -0.4 is 15.0 Å². The van der Waals surface area contributed by atoms with E-state index in [-0.39, 0.29) is 0 Å². The summed E-state index contributed by atoms with van der Waals surface area (Å²) >= 11 is 0. The molecule has 100 valence electrons. The molecule has 6 nitrogen and oxygen atoms in total. The number of benzene rings is 1. The summed E-state index contributed by atoms with van der Waals surface area (Å²) in [7, 11) is 1.66. The lowest BCUT2D eigenvalue weighted by Crippen LogP contribution is -2.44. The minimum Gasteiger partial charge on any atom is -0.497 e. The molecular formula is C13H17N5O. The summed E-state index contributed by atoms with van der Waals surface area (Å²) in [5.41, 5.74) is 0.980. The van der Waals surface area contributed by atoms with Gasteiger partial charge in [-0.1, -0.05) is 12.1 Å². The topological polar surface area (TPSA) is 66.1 Å². The maximum Gasteiger partial charge on any atom is 0.245 e. The number of hydrogen-bond acceptors (Lipinski definition) is 5. The van der Waals surface area contributed by atoms with Crippen LogP contribution in [0.25, 0.3) is 11.4 Å². The van der Waals surface area contributed by atoms with Crippen LogP contribution in [-0.4, -0.2) is 48.5 Å². The van der Waals surface area contributed by atoms with Gasteiger partial charge in [0.1, 0.15) is 5.75 Å². The average Bonchev–Trinajstić information content (AvgIpc) is 2.98. The van der Waals surface area contributed by atoms with Crippen LogP contribution >= 0.6 is 0 Å². The zero-order valence-electron chi connectivity index (χ0n) is 10.9. The van der Waals surface area contributed by atoms with Crippen LogP contribution in [-0.2, 0) is 0 Å². The fourth-order valence-electron chi connectivity index (χ4n) is 2.16. The Morgan fingerprint density at radius 2 is 2.11 bits per heavy atom. The molecule has 0 aliphatic carbocycles. The number of aromatic nitrogens is 3. The van der Waals surface area contributed by atoms with Gasteiger partial charge in [-0.3, -0.25) is 5.10 Å². The molecule has 1 aromatic carbocycles. The monoisotopic (exact) mass is 259 g/mol. The third-order valence-electron chi connectivity index (χ3n) is 3.22. The van der Waals surface area contributed by atoms with Crippen LogP contribution in [0.15, 0.2) is 24.3 Å². The molecule has 3 rings (SSSR count). The first-order chi connectivity index (χ1) is 9.36. The Balaban J connectivity index is 1.83. The lowest BCUT2D eigenvalue weighted by atomic mass is 10.2. The Kier molecular flexibility index (Phi) is 3.33. The third-order valence-corrected chi connectivity index (χ3v) is 3.22. The molecule has 1 saturated heterocycles. The number of nitrogens with one attached hydrogen (secondary N) is 2. The molecule has 0 unspecified atom stereocenters. The smallest absolute Gasteiger partial charge is 0.245 e. The third kappa shape index (κ3) is 2.53. The minimum atomic E-state index is 0.763. The second-order valence-electron chi connectivity index (χ2n) is 4.45. The average molecular weight is 259 g/mol. The normalized spacial score (nSPS) is 15.5. The summed E-state index contributed by atoms with van der Waals surface area (Å²) in [6.07, 6.45) is 0. The molecule has 2 aromatic rings. The first kappa shape index (κ1) is 12.0. The van der Waals surface area contributed by atoms with Crippen molar-refractivity contribution in [3.05, 3.63) is 24.3 Å². The molecule has 0 radical (unpaired) electrons. The number of nitrogens with zero attached hydrogens (tertiary/aromatic N) is 3. The number of ether oxygens (including phenoxy) is 1. The van der Waals surface area contributed by atoms with Crippen molar-refractivity contribution in [1.82, 2.24) is 20.5 Å². The van der Waals surface area contributed by atoms with E-state index in [1.807, 2.05) is 24.3 Å². The Hall–Kier alpha value is -2.08. The van der Waals surface area contributed by atoms with Gasteiger partial charge < -0.3 is 15.0 Å². The second kappa shape index (κ2) is 5.27. The van der Waals surface area contributed by atoms with Gasteiger partial charge in [0.05, 0.1) is 7.11 Å². The summed E-state index contributed by atoms with van der Waals surface area (Å²) in [5, 5.41) is 10.6. The van der Waals surface area contributed by atoms with Crippen LogP contribution in [0.2, 0.25) is 0 Å². The van der Waals surface area contributed by atoms with Gasteiger partial charge in [-0.15, -0.1) is 5.10 Å².